The highest BCUT2D eigenvalue weighted by Crippen LogP contribution is 2.19. The highest BCUT2D eigenvalue weighted by atomic mass is 19.1. The predicted octanol–water partition coefficient (Wildman–Crippen LogP) is 3.89. The Hall–Kier alpha value is -2.49. The zero-order valence-electron chi connectivity index (χ0n) is 11.8. The second-order valence-electron chi connectivity index (χ2n) is 5.13. The van der Waals surface area contributed by atoms with Gasteiger partial charge in [-0.2, -0.15) is 0 Å². The molecule has 3 rings (SSSR count). The van der Waals surface area contributed by atoms with Crippen molar-refractivity contribution in [1.29, 1.82) is 0 Å². The molecule has 1 aromatic heterocycles. The highest BCUT2D eigenvalue weighted by Gasteiger charge is 2.10. The van der Waals surface area contributed by atoms with Gasteiger partial charge >= 0.3 is 0 Å². The van der Waals surface area contributed by atoms with E-state index in [0.29, 0.717) is 0 Å². The van der Waals surface area contributed by atoms with Crippen molar-refractivity contribution in [3.63, 3.8) is 0 Å². The minimum absolute atomic E-state index is 0.167. The Morgan fingerprint density at radius 1 is 1.05 bits per heavy atom. The number of benzene rings is 2. The van der Waals surface area contributed by atoms with Gasteiger partial charge in [-0.25, -0.2) is 9.07 Å². The highest BCUT2D eigenvalue weighted by molar-refractivity contribution is 5.57. The second-order valence-corrected chi connectivity index (χ2v) is 5.13. The van der Waals surface area contributed by atoms with Crippen molar-refractivity contribution < 1.29 is 4.39 Å². The van der Waals surface area contributed by atoms with Crippen LogP contribution in [0.5, 0.6) is 0 Å². The quantitative estimate of drug-likeness (QED) is 0.726. The Morgan fingerprint density at radius 3 is 2.48 bits per heavy atom. The van der Waals surface area contributed by atoms with Gasteiger partial charge in [0.05, 0.1) is 12.2 Å². The normalized spacial score (nSPS) is 12.3. The topological polar surface area (TPSA) is 30.7 Å². The first kappa shape index (κ1) is 13.5. The smallest absolute Gasteiger partial charge is 0.123 e. The second kappa shape index (κ2) is 5.87. The first-order chi connectivity index (χ1) is 10.2. The van der Waals surface area contributed by atoms with E-state index < -0.39 is 0 Å². The van der Waals surface area contributed by atoms with Crippen molar-refractivity contribution in [2.75, 3.05) is 0 Å². The zero-order chi connectivity index (χ0) is 14.7. The fourth-order valence-electron chi connectivity index (χ4n) is 2.29. The van der Waals surface area contributed by atoms with Crippen LogP contribution in [0.1, 0.15) is 18.5 Å². The van der Waals surface area contributed by atoms with Crippen molar-refractivity contribution in [3.05, 3.63) is 72.2 Å². The van der Waals surface area contributed by atoms with E-state index in [1.165, 1.54) is 12.1 Å². The SMILES string of the molecule is CC(Cc1ccc(F)cc1)n1cc(-c2ccccc2)nn1. The first-order valence-corrected chi connectivity index (χ1v) is 6.94. The Bertz CT molecular complexity index is 704. The Morgan fingerprint density at radius 2 is 1.76 bits per heavy atom. The van der Waals surface area contributed by atoms with E-state index in [2.05, 4.69) is 17.2 Å². The van der Waals surface area contributed by atoms with Crippen molar-refractivity contribution in [2.45, 2.75) is 19.4 Å². The molecule has 1 heterocycles. The average Bonchev–Trinajstić information content (AvgIpc) is 3.00. The van der Waals surface area contributed by atoms with E-state index >= 15 is 0 Å². The minimum Gasteiger partial charge on any atom is -0.249 e. The van der Waals surface area contributed by atoms with Crippen LogP contribution in [0.15, 0.2) is 60.8 Å². The number of nitrogens with zero attached hydrogens (tertiary/aromatic N) is 3. The molecule has 0 N–H and O–H groups in total. The summed E-state index contributed by atoms with van der Waals surface area (Å²) in [5.74, 6) is -0.210. The van der Waals surface area contributed by atoms with Crippen molar-refractivity contribution in [2.24, 2.45) is 0 Å². The van der Waals surface area contributed by atoms with Crippen LogP contribution in [0.3, 0.4) is 0 Å². The molecule has 0 aliphatic rings. The van der Waals surface area contributed by atoms with Gasteiger partial charge in [-0.05, 0) is 31.0 Å². The van der Waals surface area contributed by atoms with E-state index in [-0.39, 0.29) is 11.9 Å². The van der Waals surface area contributed by atoms with E-state index in [9.17, 15) is 4.39 Å². The van der Waals surface area contributed by atoms with Gasteiger partial charge in [-0.3, -0.25) is 0 Å². The van der Waals surface area contributed by atoms with Gasteiger partial charge in [0.15, 0.2) is 0 Å². The summed E-state index contributed by atoms with van der Waals surface area (Å²) in [6, 6.07) is 16.7. The molecule has 106 valence electrons. The van der Waals surface area contributed by atoms with Gasteiger partial charge in [-0.1, -0.05) is 47.7 Å². The molecule has 0 fully saturated rings. The molecule has 0 bridgehead atoms. The van der Waals surface area contributed by atoms with Crippen LogP contribution in [0.2, 0.25) is 0 Å². The van der Waals surface area contributed by atoms with Crippen LogP contribution >= 0.6 is 0 Å². The van der Waals surface area contributed by atoms with Crippen molar-refractivity contribution in [3.8, 4) is 11.3 Å². The van der Waals surface area contributed by atoms with Crippen molar-refractivity contribution >= 4 is 0 Å². The summed E-state index contributed by atoms with van der Waals surface area (Å²) >= 11 is 0. The predicted molar refractivity (Wildman–Crippen MR) is 80.3 cm³/mol. The van der Waals surface area contributed by atoms with Gasteiger partial charge in [0.2, 0.25) is 0 Å². The average molecular weight is 281 g/mol. The van der Waals surface area contributed by atoms with Crippen LogP contribution in [-0.2, 0) is 6.42 Å². The van der Waals surface area contributed by atoms with Crippen LogP contribution in [0.25, 0.3) is 11.3 Å². The number of hydrogen-bond acceptors (Lipinski definition) is 2. The molecule has 2 aromatic carbocycles. The third-order valence-corrected chi connectivity index (χ3v) is 3.48. The largest absolute Gasteiger partial charge is 0.249 e. The lowest BCUT2D eigenvalue weighted by atomic mass is 10.1. The summed E-state index contributed by atoms with van der Waals surface area (Å²) in [5, 5.41) is 8.42. The summed E-state index contributed by atoms with van der Waals surface area (Å²) in [6.45, 7) is 2.08. The maximum absolute atomic E-state index is 12.9. The molecule has 3 aromatic rings. The molecular weight excluding hydrogens is 265 g/mol. The standard InChI is InChI=1S/C17H16FN3/c1-13(11-14-7-9-16(18)10-8-14)21-12-17(19-20-21)15-5-3-2-4-6-15/h2-10,12-13H,11H2,1H3. The Labute approximate surface area is 123 Å². The van der Waals surface area contributed by atoms with Crippen LogP contribution < -0.4 is 0 Å². The molecule has 0 amide bonds. The van der Waals surface area contributed by atoms with Crippen molar-refractivity contribution in [1.82, 2.24) is 15.0 Å². The maximum atomic E-state index is 12.9. The third kappa shape index (κ3) is 3.16. The molecule has 0 saturated carbocycles. The van der Waals surface area contributed by atoms with Gasteiger partial charge in [-0.15, -0.1) is 5.10 Å². The van der Waals surface area contributed by atoms with E-state index in [0.717, 1.165) is 23.2 Å². The molecule has 0 saturated heterocycles. The summed E-state index contributed by atoms with van der Waals surface area (Å²) < 4.78 is 14.8. The maximum Gasteiger partial charge on any atom is 0.123 e. The molecule has 0 aliphatic carbocycles. The lowest BCUT2D eigenvalue weighted by Crippen LogP contribution is -2.09. The van der Waals surface area contributed by atoms with E-state index in [1.54, 1.807) is 12.1 Å². The lowest BCUT2D eigenvalue weighted by molar-refractivity contribution is 0.474. The number of rotatable bonds is 4. The summed E-state index contributed by atoms with van der Waals surface area (Å²) in [7, 11) is 0. The number of hydrogen-bond donors (Lipinski definition) is 0. The minimum atomic E-state index is -0.210. The van der Waals surface area contributed by atoms with Crippen LogP contribution in [0, 0.1) is 5.82 Å². The summed E-state index contributed by atoms with van der Waals surface area (Å²) in [5.41, 5.74) is 3.00. The van der Waals surface area contributed by atoms with E-state index in [4.69, 9.17) is 0 Å². The zero-order valence-corrected chi connectivity index (χ0v) is 11.8. The molecule has 1 atom stereocenters. The summed E-state index contributed by atoms with van der Waals surface area (Å²) in [4.78, 5) is 0. The van der Waals surface area contributed by atoms with E-state index in [1.807, 2.05) is 41.2 Å². The summed E-state index contributed by atoms with van der Waals surface area (Å²) in [6.07, 6.45) is 2.74. The Balaban J connectivity index is 1.75. The van der Waals surface area contributed by atoms with Crippen LogP contribution in [0.4, 0.5) is 4.39 Å². The molecule has 21 heavy (non-hydrogen) atoms. The fourth-order valence-corrected chi connectivity index (χ4v) is 2.29. The molecule has 0 spiro atoms. The molecule has 0 aliphatic heterocycles. The molecule has 1 unspecified atom stereocenters. The molecule has 3 nitrogen and oxygen atoms in total. The molecule has 4 heteroatoms. The van der Waals surface area contributed by atoms with Gasteiger partial charge in [0.1, 0.15) is 11.5 Å². The monoisotopic (exact) mass is 281 g/mol. The van der Waals surface area contributed by atoms with Gasteiger partial charge in [0, 0.05) is 5.56 Å². The number of aromatic nitrogens is 3. The van der Waals surface area contributed by atoms with Gasteiger partial charge in [0.25, 0.3) is 0 Å². The molecule has 0 radical (unpaired) electrons. The number of halogens is 1. The van der Waals surface area contributed by atoms with Gasteiger partial charge < -0.3 is 0 Å². The lowest BCUT2D eigenvalue weighted by Gasteiger charge is -2.11. The third-order valence-electron chi connectivity index (χ3n) is 3.48. The fraction of sp³-hybridized carbons (Fsp3) is 0.176. The Kier molecular flexibility index (Phi) is 3.77. The first-order valence-electron chi connectivity index (χ1n) is 6.94. The molecular formula is C17H16FN3. The van der Waals surface area contributed by atoms with Crippen LogP contribution in [-0.4, -0.2) is 15.0 Å².